The van der Waals surface area contributed by atoms with E-state index in [1.54, 1.807) is 0 Å². The van der Waals surface area contributed by atoms with Crippen molar-refractivity contribution in [3.05, 3.63) is 92.4 Å². The Hall–Kier alpha value is -3.68. The molecule has 8 heteroatoms. The zero-order valence-electron chi connectivity index (χ0n) is 18.2. The van der Waals surface area contributed by atoms with Gasteiger partial charge in [-0.15, -0.1) is 0 Å². The fourth-order valence-electron chi connectivity index (χ4n) is 3.38. The Morgan fingerprint density at radius 3 is 2.34 bits per heavy atom. The molecule has 0 fully saturated rings. The highest BCUT2D eigenvalue weighted by atomic mass is 19.1. The summed E-state index contributed by atoms with van der Waals surface area (Å²) in [6.45, 7) is 4.42. The normalized spacial score (nSPS) is 11.0. The van der Waals surface area contributed by atoms with Crippen LogP contribution in [0.5, 0.6) is 0 Å². The number of aromatic amines is 1. The molecule has 0 radical (unpaired) electrons. The van der Waals surface area contributed by atoms with Gasteiger partial charge in [0.1, 0.15) is 11.6 Å². The monoisotopic (exact) mass is 438 g/mol. The van der Waals surface area contributed by atoms with Gasteiger partial charge in [-0.05, 0) is 35.6 Å². The number of nitrogens with one attached hydrogen (secondary N) is 1. The number of hydrogen-bond donors (Lipinski definition) is 2. The maximum atomic E-state index is 13.2. The number of nitrogens with zero attached hydrogens (tertiary/aromatic N) is 2. The first-order chi connectivity index (χ1) is 15.3. The van der Waals surface area contributed by atoms with Crippen LogP contribution in [0.3, 0.4) is 0 Å². The van der Waals surface area contributed by atoms with Crippen LogP contribution in [0.25, 0.3) is 0 Å². The van der Waals surface area contributed by atoms with Gasteiger partial charge in [0.15, 0.2) is 5.69 Å². The smallest absolute Gasteiger partial charge is 0.330 e. The van der Waals surface area contributed by atoms with Gasteiger partial charge >= 0.3 is 5.69 Å². The predicted molar refractivity (Wildman–Crippen MR) is 123 cm³/mol. The lowest BCUT2D eigenvalue weighted by atomic mass is 10.1. The highest BCUT2D eigenvalue weighted by molar-refractivity contribution is 5.96. The number of carbonyl (C=O) groups excluding carboxylic acids is 1. The van der Waals surface area contributed by atoms with E-state index in [1.807, 2.05) is 44.2 Å². The number of rotatable bonds is 8. The lowest BCUT2D eigenvalue weighted by Gasteiger charge is -2.25. The van der Waals surface area contributed by atoms with Gasteiger partial charge in [0, 0.05) is 6.54 Å². The van der Waals surface area contributed by atoms with Crippen molar-refractivity contribution in [3.63, 3.8) is 0 Å². The van der Waals surface area contributed by atoms with E-state index >= 15 is 0 Å². The molecule has 32 heavy (non-hydrogen) atoms. The molecule has 168 valence electrons. The molecular formula is C24H27FN4O3. The van der Waals surface area contributed by atoms with Crippen molar-refractivity contribution in [1.29, 1.82) is 0 Å². The van der Waals surface area contributed by atoms with Crippen LogP contribution in [-0.4, -0.2) is 22.0 Å². The molecule has 3 rings (SSSR count). The van der Waals surface area contributed by atoms with E-state index in [4.69, 9.17) is 5.73 Å². The van der Waals surface area contributed by atoms with Gasteiger partial charge in [-0.2, -0.15) is 0 Å². The first kappa shape index (κ1) is 23.0. The molecule has 0 bridgehead atoms. The maximum absolute atomic E-state index is 13.2. The van der Waals surface area contributed by atoms with Gasteiger partial charge in [0.25, 0.3) is 5.56 Å². The van der Waals surface area contributed by atoms with E-state index in [2.05, 4.69) is 4.98 Å². The number of hydrogen-bond acceptors (Lipinski definition) is 4. The quantitative estimate of drug-likeness (QED) is 0.565. The molecule has 7 nitrogen and oxygen atoms in total. The van der Waals surface area contributed by atoms with Crippen molar-refractivity contribution >= 4 is 17.4 Å². The summed E-state index contributed by atoms with van der Waals surface area (Å²) in [4.78, 5) is 42.1. The number of nitrogens with two attached hydrogens (primary N) is 1. The largest absolute Gasteiger partial charge is 0.383 e. The van der Waals surface area contributed by atoms with E-state index in [1.165, 1.54) is 33.7 Å². The average Bonchev–Trinajstić information content (AvgIpc) is 2.75. The van der Waals surface area contributed by atoms with Crippen molar-refractivity contribution in [2.45, 2.75) is 33.2 Å². The van der Waals surface area contributed by atoms with Crippen LogP contribution in [0.2, 0.25) is 0 Å². The Labute approximate surface area is 185 Å². The van der Waals surface area contributed by atoms with Gasteiger partial charge in [-0.3, -0.25) is 19.1 Å². The summed E-state index contributed by atoms with van der Waals surface area (Å²) in [6, 6.07) is 14.8. The van der Waals surface area contributed by atoms with Crippen LogP contribution in [0.4, 0.5) is 15.9 Å². The number of H-pyrrole nitrogens is 1. The zero-order valence-corrected chi connectivity index (χ0v) is 18.2. The molecule has 0 aliphatic carbocycles. The van der Waals surface area contributed by atoms with Crippen LogP contribution in [0.15, 0.2) is 64.2 Å². The van der Waals surface area contributed by atoms with Crippen molar-refractivity contribution in [2.24, 2.45) is 5.92 Å². The van der Waals surface area contributed by atoms with E-state index in [-0.39, 0.29) is 42.8 Å². The number of amides is 1. The summed E-state index contributed by atoms with van der Waals surface area (Å²) in [6.07, 6.45) is 0.598. The molecular weight excluding hydrogens is 411 g/mol. The Morgan fingerprint density at radius 2 is 1.72 bits per heavy atom. The second-order valence-corrected chi connectivity index (χ2v) is 8.10. The lowest BCUT2D eigenvalue weighted by Crippen LogP contribution is -2.42. The number of carbonyl (C=O) groups is 1. The van der Waals surface area contributed by atoms with Crippen molar-refractivity contribution in [1.82, 2.24) is 9.55 Å². The number of anilines is 2. The molecule has 0 aliphatic heterocycles. The third kappa shape index (κ3) is 5.51. The van der Waals surface area contributed by atoms with Gasteiger partial charge in [-0.25, -0.2) is 9.18 Å². The highest BCUT2D eigenvalue weighted by Crippen LogP contribution is 2.20. The van der Waals surface area contributed by atoms with E-state index < -0.39 is 17.1 Å². The topological polar surface area (TPSA) is 101 Å². The Kier molecular flexibility index (Phi) is 7.25. The van der Waals surface area contributed by atoms with E-state index in [9.17, 15) is 18.8 Å². The molecule has 0 aliphatic rings. The summed E-state index contributed by atoms with van der Waals surface area (Å²) in [7, 11) is 0. The molecule has 1 amide bonds. The van der Waals surface area contributed by atoms with Crippen LogP contribution in [0, 0.1) is 11.7 Å². The average molecular weight is 439 g/mol. The first-order valence-corrected chi connectivity index (χ1v) is 10.5. The lowest BCUT2D eigenvalue weighted by molar-refractivity contribution is -0.118. The highest BCUT2D eigenvalue weighted by Gasteiger charge is 2.24. The fraction of sp³-hybridized carbons (Fsp3) is 0.292. The Balaban J connectivity index is 2.02. The molecule has 0 unspecified atom stereocenters. The van der Waals surface area contributed by atoms with E-state index in [0.717, 1.165) is 5.56 Å². The molecule has 0 saturated carbocycles. The molecule has 0 saturated heterocycles. The number of halogens is 1. The maximum Gasteiger partial charge on any atom is 0.330 e. The zero-order chi connectivity index (χ0) is 23.3. The minimum atomic E-state index is -0.715. The van der Waals surface area contributed by atoms with Crippen LogP contribution < -0.4 is 21.9 Å². The summed E-state index contributed by atoms with van der Waals surface area (Å²) >= 11 is 0. The van der Waals surface area contributed by atoms with E-state index in [0.29, 0.717) is 12.0 Å². The third-order valence-electron chi connectivity index (χ3n) is 5.17. The Bertz CT molecular complexity index is 1180. The van der Waals surface area contributed by atoms with Gasteiger partial charge < -0.3 is 10.6 Å². The second kappa shape index (κ2) is 10.1. The molecule has 1 heterocycles. The summed E-state index contributed by atoms with van der Waals surface area (Å²) in [5.74, 6) is -0.559. The number of benzene rings is 2. The number of nitrogen functional groups attached to an aromatic ring is 1. The van der Waals surface area contributed by atoms with Crippen molar-refractivity contribution < 1.29 is 9.18 Å². The molecule has 0 spiro atoms. The number of aromatic nitrogens is 2. The van der Waals surface area contributed by atoms with Crippen molar-refractivity contribution in [2.75, 3.05) is 17.2 Å². The molecule has 0 atom stereocenters. The van der Waals surface area contributed by atoms with Gasteiger partial charge in [0.05, 0.1) is 13.0 Å². The summed E-state index contributed by atoms with van der Waals surface area (Å²) in [5.41, 5.74) is 6.32. The standard InChI is InChI=1S/C24H27FN4O3/c1-16(2)12-13-28(20(30)14-17-8-10-19(25)11-9-17)21-22(26)29(24(32)27-23(21)31)15-18-6-4-3-5-7-18/h3-11,16H,12-15,26H2,1-2H3,(H,27,31,32). The first-order valence-electron chi connectivity index (χ1n) is 10.5. The van der Waals surface area contributed by atoms with Crippen LogP contribution in [0.1, 0.15) is 31.4 Å². The SMILES string of the molecule is CC(C)CCN(C(=O)Cc1ccc(F)cc1)c1c(N)n(Cc2ccccc2)c(=O)[nH]c1=O. The third-order valence-corrected chi connectivity index (χ3v) is 5.17. The molecule has 3 N–H and O–H groups in total. The predicted octanol–water partition coefficient (Wildman–Crippen LogP) is 2.93. The Morgan fingerprint density at radius 1 is 1.06 bits per heavy atom. The van der Waals surface area contributed by atoms with Gasteiger partial charge in [0.2, 0.25) is 5.91 Å². The van der Waals surface area contributed by atoms with Crippen LogP contribution in [-0.2, 0) is 17.8 Å². The summed E-state index contributed by atoms with van der Waals surface area (Å²) in [5, 5.41) is 0. The minimum Gasteiger partial charge on any atom is -0.383 e. The molecule has 2 aromatic carbocycles. The molecule has 3 aromatic rings. The minimum absolute atomic E-state index is 0.0327. The van der Waals surface area contributed by atoms with Crippen molar-refractivity contribution in [3.8, 4) is 0 Å². The molecule has 1 aromatic heterocycles. The van der Waals surface area contributed by atoms with Crippen LogP contribution >= 0.6 is 0 Å². The fourth-order valence-corrected chi connectivity index (χ4v) is 3.38. The second-order valence-electron chi connectivity index (χ2n) is 8.10. The summed E-state index contributed by atoms with van der Waals surface area (Å²) < 4.78 is 14.5. The van der Waals surface area contributed by atoms with Gasteiger partial charge in [-0.1, -0.05) is 56.3 Å².